The predicted octanol–water partition coefficient (Wildman–Crippen LogP) is 6.60. The number of alkyl halides is 3. The van der Waals surface area contributed by atoms with Gasteiger partial charge in [0.1, 0.15) is 11.5 Å². The van der Waals surface area contributed by atoms with Crippen LogP contribution in [0.15, 0.2) is 72.5 Å². The Morgan fingerprint density at radius 1 is 1.00 bits per heavy atom. The molecule has 0 unspecified atom stereocenters. The van der Waals surface area contributed by atoms with Crippen LogP contribution in [0.4, 0.5) is 13.2 Å². The number of halogens is 3. The van der Waals surface area contributed by atoms with E-state index in [0.29, 0.717) is 39.0 Å². The molecule has 0 fully saturated rings. The van der Waals surface area contributed by atoms with E-state index in [1.54, 1.807) is 56.3 Å². The van der Waals surface area contributed by atoms with Gasteiger partial charge in [0.15, 0.2) is 0 Å². The third-order valence-electron chi connectivity index (χ3n) is 6.22. The molecule has 1 aromatic heterocycles. The highest BCUT2D eigenvalue weighted by molar-refractivity contribution is 6.04. The highest BCUT2D eigenvalue weighted by Crippen LogP contribution is 2.34. The molecule has 0 amide bonds. The lowest BCUT2D eigenvalue weighted by atomic mass is 10.00. The van der Waals surface area contributed by atoms with Gasteiger partial charge >= 0.3 is 12.3 Å². The van der Waals surface area contributed by atoms with Gasteiger partial charge in [0.05, 0.1) is 19.2 Å². The van der Waals surface area contributed by atoms with Crippen molar-refractivity contribution in [2.45, 2.75) is 26.6 Å². The highest BCUT2D eigenvalue weighted by Gasteiger charge is 2.31. The molecular weight excluding hydrogens is 527 g/mol. The van der Waals surface area contributed by atoms with E-state index >= 15 is 0 Å². The van der Waals surface area contributed by atoms with Crippen molar-refractivity contribution in [2.75, 3.05) is 13.7 Å². The summed E-state index contributed by atoms with van der Waals surface area (Å²) in [7, 11) is 1.51. The predicted molar refractivity (Wildman–Crippen MR) is 143 cm³/mol. The lowest BCUT2D eigenvalue weighted by Crippen LogP contribution is -2.17. The quantitative estimate of drug-likeness (QED) is 0.186. The fraction of sp³-hybridized carbons (Fsp3) is 0.200. The number of hydrogen-bond acceptors (Lipinski definition) is 5. The van der Waals surface area contributed by atoms with Crippen molar-refractivity contribution in [2.24, 2.45) is 0 Å². The number of carboxylic acids is 1. The van der Waals surface area contributed by atoms with E-state index in [0.717, 1.165) is 5.56 Å². The van der Waals surface area contributed by atoms with E-state index in [1.807, 2.05) is 6.07 Å². The van der Waals surface area contributed by atoms with Crippen molar-refractivity contribution in [3.05, 3.63) is 100 Å². The van der Waals surface area contributed by atoms with Crippen molar-refractivity contribution in [3.63, 3.8) is 0 Å². The van der Waals surface area contributed by atoms with Gasteiger partial charge in [-0.15, -0.1) is 13.2 Å². The Hall–Kier alpha value is -4.73. The number of nitrogens with zero attached hydrogens (tertiary/aromatic N) is 1. The average Bonchev–Trinajstić information content (AvgIpc) is 3.17. The summed E-state index contributed by atoms with van der Waals surface area (Å²) < 4.78 is 55.0. The fourth-order valence-corrected chi connectivity index (χ4v) is 4.48. The first-order valence-corrected chi connectivity index (χ1v) is 12.3. The Kier molecular flexibility index (Phi) is 8.18. The van der Waals surface area contributed by atoms with Gasteiger partial charge in [-0.1, -0.05) is 24.3 Å². The van der Waals surface area contributed by atoms with E-state index in [2.05, 4.69) is 4.74 Å². The summed E-state index contributed by atoms with van der Waals surface area (Å²) in [5, 5.41) is 9.80. The summed E-state index contributed by atoms with van der Waals surface area (Å²) in [6.45, 7) is 3.58. The van der Waals surface area contributed by atoms with Crippen LogP contribution in [0.5, 0.6) is 11.5 Å². The second-order valence-electron chi connectivity index (χ2n) is 8.83. The number of methoxy groups -OCH3 is 1. The molecule has 4 aromatic rings. The summed E-state index contributed by atoms with van der Waals surface area (Å²) >= 11 is 0. The standard InChI is InChI=1S/C30H26F3NO6/c1-4-39-27(29(36)37)16-20-7-5-6-19(14-20)15-24-18(2)34(28(35)21-8-10-22(38-3)11-9-21)26-13-12-23(17-25(24)26)40-30(31,32)33/h5-14,16-17H,4,15H2,1-3H3,(H,36,37). The number of aromatic nitrogens is 1. The summed E-state index contributed by atoms with van der Waals surface area (Å²) in [6, 6.07) is 17.4. The van der Waals surface area contributed by atoms with Gasteiger partial charge in [0.25, 0.3) is 5.91 Å². The van der Waals surface area contributed by atoms with Crippen LogP contribution in [0.2, 0.25) is 0 Å². The number of carbonyl (C=O) groups is 2. The number of carboxylic acid groups (broad SMARTS) is 1. The number of benzene rings is 3. The summed E-state index contributed by atoms with van der Waals surface area (Å²) in [4.78, 5) is 25.1. The molecule has 0 bridgehead atoms. The maximum Gasteiger partial charge on any atom is 0.573 e. The Morgan fingerprint density at radius 2 is 1.70 bits per heavy atom. The minimum absolute atomic E-state index is 0.182. The van der Waals surface area contributed by atoms with Crippen LogP contribution < -0.4 is 9.47 Å². The van der Waals surface area contributed by atoms with Crippen molar-refractivity contribution in [1.82, 2.24) is 4.57 Å². The number of aliphatic carboxylic acids is 1. The molecule has 40 heavy (non-hydrogen) atoms. The van der Waals surface area contributed by atoms with Crippen molar-refractivity contribution >= 4 is 28.9 Å². The zero-order chi connectivity index (χ0) is 29.0. The van der Waals surface area contributed by atoms with E-state index in [4.69, 9.17) is 9.47 Å². The molecule has 0 saturated heterocycles. The van der Waals surface area contributed by atoms with Gasteiger partial charge in [-0.25, -0.2) is 4.79 Å². The van der Waals surface area contributed by atoms with Crippen molar-refractivity contribution in [1.29, 1.82) is 0 Å². The molecule has 10 heteroatoms. The molecule has 0 spiro atoms. The zero-order valence-corrected chi connectivity index (χ0v) is 21.9. The van der Waals surface area contributed by atoms with Crippen LogP contribution >= 0.6 is 0 Å². The molecule has 4 rings (SSSR count). The van der Waals surface area contributed by atoms with Crippen LogP contribution in [0.1, 0.15) is 39.7 Å². The molecule has 0 aliphatic carbocycles. The molecule has 0 saturated carbocycles. The smallest absolute Gasteiger partial charge is 0.497 e. The maximum absolute atomic E-state index is 13.6. The Bertz CT molecular complexity index is 1590. The molecular formula is C30H26F3NO6. The Labute approximate surface area is 228 Å². The molecule has 0 aliphatic rings. The van der Waals surface area contributed by atoms with E-state index in [-0.39, 0.29) is 24.7 Å². The molecule has 0 radical (unpaired) electrons. The molecule has 1 heterocycles. The summed E-state index contributed by atoms with van der Waals surface area (Å²) in [5.41, 5.74) is 3.27. The van der Waals surface area contributed by atoms with Crippen LogP contribution in [0.3, 0.4) is 0 Å². The number of ether oxygens (including phenoxy) is 3. The third-order valence-corrected chi connectivity index (χ3v) is 6.22. The fourth-order valence-electron chi connectivity index (χ4n) is 4.48. The lowest BCUT2D eigenvalue weighted by Gasteiger charge is -2.10. The monoisotopic (exact) mass is 553 g/mol. The van der Waals surface area contributed by atoms with Crippen molar-refractivity contribution in [3.8, 4) is 11.5 Å². The van der Waals surface area contributed by atoms with Gasteiger partial charge in [-0.05, 0) is 85.5 Å². The topological polar surface area (TPSA) is 87.0 Å². The van der Waals surface area contributed by atoms with Gasteiger partial charge < -0.3 is 19.3 Å². The van der Waals surface area contributed by atoms with Crippen LogP contribution in [0, 0.1) is 6.92 Å². The van der Waals surface area contributed by atoms with E-state index < -0.39 is 18.1 Å². The number of rotatable bonds is 9. The van der Waals surface area contributed by atoms with E-state index in [9.17, 15) is 27.9 Å². The first-order chi connectivity index (χ1) is 19.0. The molecule has 0 aliphatic heterocycles. The second kappa shape index (κ2) is 11.6. The summed E-state index contributed by atoms with van der Waals surface area (Å²) in [5.74, 6) is -1.62. The molecule has 1 N–H and O–H groups in total. The summed E-state index contributed by atoms with van der Waals surface area (Å²) in [6.07, 6.45) is -3.24. The lowest BCUT2D eigenvalue weighted by molar-refractivity contribution is -0.274. The Balaban J connectivity index is 1.82. The van der Waals surface area contributed by atoms with E-state index in [1.165, 1.54) is 36.0 Å². The minimum Gasteiger partial charge on any atom is -0.497 e. The van der Waals surface area contributed by atoms with Gasteiger partial charge in [-0.2, -0.15) is 0 Å². The molecule has 3 aromatic carbocycles. The number of hydrogen-bond donors (Lipinski definition) is 1. The molecule has 0 atom stereocenters. The average molecular weight is 554 g/mol. The van der Waals surface area contributed by atoms with Crippen molar-refractivity contribution < 1.29 is 42.1 Å². The first-order valence-electron chi connectivity index (χ1n) is 12.3. The zero-order valence-electron chi connectivity index (χ0n) is 21.9. The first kappa shape index (κ1) is 28.3. The van der Waals surface area contributed by atoms with Gasteiger partial charge in [-0.3, -0.25) is 9.36 Å². The van der Waals surface area contributed by atoms with Gasteiger partial charge in [0.2, 0.25) is 5.76 Å². The highest BCUT2D eigenvalue weighted by atomic mass is 19.4. The normalized spacial score (nSPS) is 11.9. The Morgan fingerprint density at radius 3 is 2.33 bits per heavy atom. The van der Waals surface area contributed by atoms with Crippen LogP contribution in [0.25, 0.3) is 17.0 Å². The second-order valence-corrected chi connectivity index (χ2v) is 8.83. The molecule has 7 nitrogen and oxygen atoms in total. The maximum atomic E-state index is 13.6. The SMILES string of the molecule is CCOC(=Cc1cccc(Cc2c(C)n(C(=O)c3ccc(OC)cc3)c3ccc(OC(F)(F)F)cc23)c1)C(=O)O. The van der Waals surface area contributed by atoms with Crippen LogP contribution in [-0.4, -0.2) is 41.6 Å². The number of carbonyl (C=O) groups excluding carboxylic acids is 1. The van der Waals surface area contributed by atoms with Gasteiger partial charge in [0, 0.05) is 16.6 Å². The van der Waals surface area contributed by atoms with Crippen LogP contribution in [-0.2, 0) is 16.0 Å². The third kappa shape index (κ3) is 6.28. The molecule has 208 valence electrons. The number of fused-ring (bicyclic) bond motifs is 1. The largest absolute Gasteiger partial charge is 0.573 e. The minimum atomic E-state index is -4.88.